The van der Waals surface area contributed by atoms with Crippen molar-refractivity contribution in [2.75, 3.05) is 11.9 Å². The zero-order valence-electron chi connectivity index (χ0n) is 10.4. The second-order valence-electron chi connectivity index (χ2n) is 3.72. The van der Waals surface area contributed by atoms with E-state index in [1.54, 1.807) is 12.1 Å². The molecule has 1 unspecified atom stereocenters. The maximum absolute atomic E-state index is 10.5. The third-order valence-corrected chi connectivity index (χ3v) is 4.01. The molecule has 6 nitrogen and oxygen atoms in total. The Kier molecular flexibility index (Phi) is 7.69. The topological polar surface area (TPSA) is 109 Å². The largest absolute Gasteiger partial charge is 0.294 e. The van der Waals surface area contributed by atoms with Crippen molar-refractivity contribution in [3.8, 4) is 0 Å². The van der Waals surface area contributed by atoms with E-state index < -0.39 is 20.2 Å². The van der Waals surface area contributed by atoms with Crippen LogP contribution in [0.3, 0.4) is 0 Å². The summed E-state index contributed by atoms with van der Waals surface area (Å²) in [5.74, 6) is -0.128. The highest BCUT2D eigenvalue weighted by Gasteiger charge is 2.06. The van der Waals surface area contributed by atoms with Gasteiger partial charge in [0.25, 0.3) is 20.2 Å². The monoisotopic (exact) mass is 328 g/mol. The minimum Gasteiger partial charge on any atom is -0.286 e. The van der Waals surface area contributed by atoms with Crippen LogP contribution in [0.15, 0.2) is 29.2 Å². The molecule has 0 spiro atoms. The molecule has 1 atom stereocenters. The molecule has 0 aliphatic heterocycles. The molecule has 0 bridgehead atoms. The zero-order valence-corrected chi connectivity index (χ0v) is 13.1. The van der Waals surface area contributed by atoms with Crippen LogP contribution in [-0.4, -0.2) is 37.9 Å². The van der Waals surface area contributed by atoms with Crippen molar-refractivity contribution >= 4 is 29.5 Å². The van der Waals surface area contributed by atoms with E-state index in [4.69, 9.17) is 9.11 Å². The molecule has 0 saturated heterocycles. The lowest BCUT2D eigenvalue weighted by atomic mass is 10.2. The quantitative estimate of drug-likeness (QED) is 0.638. The Balaban J connectivity index is 0.000000362. The van der Waals surface area contributed by atoms with Gasteiger partial charge in [0.2, 0.25) is 0 Å². The van der Waals surface area contributed by atoms with Crippen LogP contribution in [0, 0.1) is 6.92 Å². The van der Waals surface area contributed by atoms with Gasteiger partial charge in [-0.05, 0) is 31.6 Å². The Morgan fingerprint density at radius 1 is 1.05 bits per heavy atom. The van der Waals surface area contributed by atoms with Crippen LogP contribution < -0.4 is 0 Å². The van der Waals surface area contributed by atoms with E-state index >= 15 is 0 Å². The van der Waals surface area contributed by atoms with Crippen molar-refractivity contribution in [2.45, 2.75) is 18.2 Å². The van der Waals surface area contributed by atoms with Gasteiger partial charge in [0.05, 0.1) is 10.6 Å². The summed E-state index contributed by atoms with van der Waals surface area (Å²) in [4.78, 5) is -0.0666. The third-order valence-electron chi connectivity index (χ3n) is 1.93. The molecule has 0 radical (unpaired) electrons. The van der Waals surface area contributed by atoms with Crippen molar-refractivity contribution in [3.63, 3.8) is 0 Å². The molecule has 0 amide bonds. The molecule has 1 aromatic carbocycles. The smallest absolute Gasteiger partial charge is 0.286 e. The summed E-state index contributed by atoms with van der Waals surface area (Å²) in [6.45, 7) is 1.84. The third kappa shape index (κ3) is 9.98. The maximum atomic E-state index is 10.5. The Morgan fingerprint density at radius 3 is 1.79 bits per heavy atom. The highest BCUT2D eigenvalue weighted by atomic mass is 32.2. The van der Waals surface area contributed by atoms with Crippen molar-refractivity contribution in [1.82, 2.24) is 0 Å². The first kappa shape index (κ1) is 18.5. The number of hydrogen-bond donors (Lipinski definition) is 2. The summed E-state index contributed by atoms with van der Waals surface area (Å²) in [5.41, 5.74) is 0.956. The Bertz CT molecular complexity index is 577. The normalized spacial score (nSPS) is 11.6. The molecule has 19 heavy (non-hydrogen) atoms. The van der Waals surface area contributed by atoms with E-state index in [9.17, 15) is 16.8 Å². The number of rotatable bonds is 4. The van der Waals surface area contributed by atoms with Crippen molar-refractivity contribution in [3.05, 3.63) is 29.8 Å². The summed E-state index contributed by atoms with van der Waals surface area (Å²) >= 11 is 0. The molecule has 0 aromatic heterocycles. The van der Waals surface area contributed by atoms with Gasteiger partial charge >= 0.3 is 0 Å². The summed E-state index contributed by atoms with van der Waals surface area (Å²) in [6.07, 6.45) is 1.21. The van der Waals surface area contributed by atoms with Gasteiger partial charge in [0, 0.05) is 0 Å². The van der Waals surface area contributed by atoms with Crippen LogP contribution in [-0.2, 0) is 20.2 Å². The average molecular weight is 328 g/mol. The molecule has 0 aliphatic carbocycles. The second-order valence-corrected chi connectivity index (χ2v) is 7.29. The highest BCUT2D eigenvalue weighted by Crippen LogP contribution is 2.08. The van der Waals surface area contributed by atoms with Crippen molar-refractivity contribution in [1.29, 1.82) is 0 Å². The van der Waals surface area contributed by atoms with E-state index in [1.165, 1.54) is 12.1 Å². The van der Waals surface area contributed by atoms with Crippen LogP contribution in [0.2, 0.25) is 0 Å². The molecule has 0 saturated carbocycles. The van der Waals surface area contributed by atoms with E-state index in [0.717, 1.165) is 5.56 Å². The number of benzene rings is 1. The molecule has 1 aromatic rings. The number of aryl methyl sites for hydroxylation is 1. The second kappa shape index (κ2) is 7.91. The van der Waals surface area contributed by atoms with Gasteiger partial charge in [-0.25, -0.2) is 0 Å². The Labute approximate surface area is 115 Å². The van der Waals surface area contributed by atoms with Crippen LogP contribution >= 0.6 is 9.24 Å². The summed E-state index contributed by atoms with van der Waals surface area (Å²) in [6, 6.07) is 5.99. The highest BCUT2D eigenvalue weighted by molar-refractivity contribution is 7.86. The Hall–Kier alpha value is -0.530. The Morgan fingerprint density at radius 2 is 1.53 bits per heavy atom. The molecular formula is C10H17O6PS2. The lowest BCUT2D eigenvalue weighted by Gasteiger charge is -1.95. The maximum Gasteiger partial charge on any atom is 0.294 e. The van der Waals surface area contributed by atoms with Gasteiger partial charge in [0.1, 0.15) is 0 Å². The fourth-order valence-electron chi connectivity index (χ4n) is 0.976. The van der Waals surface area contributed by atoms with Gasteiger partial charge in [-0.1, -0.05) is 17.7 Å². The van der Waals surface area contributed by atoms with Gasteiger partial charge < -0.3 is 0 Å². The minimum atomic E-state index is -4.02. The molecule has 1 rings (SSSR count). The first-order valence-electron chi connectivity index (χ1n) is 5.25. The molecule has 2 N–H and O–H groups in total. The molecule has 0 fully saturated rings. The predicted octanol–water partition coefficient (Wildman–Crippen LogP) is 1.38. The molecular weight excluding hydrogens is 311 g/mol. The fourth-order valence-corrected chi connectivity index (χ4v) is 2.49. The van der Waals surface area contributed by atoms with Gasteiger partial charge in [0.15, 0.2) is 0 Å². The molecule has 0 heterocycles. The van der Waals surface area contributed by atoms with Crippen LogP contribution in [0.4, 0.5) is 0 Å². The van der Waals surface area contributed by atoms with Gasteiger partial charge in [-0.2, -0.15) is 16.8 Å². The molecule has 0 aliphatic rings. The summed E-state index contributed by atoms with van der Waals surface area (Å²) in [7, 11) is -5.34. The zero-order chi connectivity index (χ0) is 15.1. The first-order valence-corrected chi connectivity index (χ1v) is 9.12. The number of hydrogen-bond acceptors (Lipinski definition) is 4. The molecule has 9 heteroatoms. The average Bonchev–Trinajstić information content (AvgIpc) is 2.25. The lowest BCUT2D eigenvalue weighted by molar-refractivity contribution is 0.480. The fraction of sp³-hybridized carbons (Fsp3) is 0.400. The SMILES string of the molecule is Cc1ccc(S(=O)(=O)O)cc1.O=S(=O)(O)CCCP. The first-order chi connectivity index (χ1) is 8.56. The van der Waals surface area contributed by atoms with E-state index in [1.807, 2.05) is 6.92 Å². The summed E-state index contributed by atoms with van der Waals surface area (Å²) in [5, 5.41) is 0. The van der Waals surface area contributed by atoms with E-state index in [-0.39, 0.29) is 10.6 Å². The van der Waals surface area contributed by atoms with Crippen LogP contribution in [0.1, 0.15) is 12.0 Å². The van der Waals surface area contributed by atoms with Crippen molar-refractivity contribution in [2.24, 2.45) is 0 Å². The lowest BCUT2D eigenvalue weighted by Crippen LogP contribution is -2.03. The molecule has 110 valence electrons. The van der Waals surface area contributed by atoms with Gasteiger partial charge in [-0.3, -0.25) is 9.11 Å². The minimum absolute atomic E-state index is 0.0666. The summed E-state index contributed by atoms with van der Waals surface area (Å²) < 4.78 is 57.5. The standard InChI is InChI=1S/C7H8O3S.C3H9O3PS/c1-6-2-4-7(5-3-6)11(8,9)10;4-8(5,6)3-1-2-7/h2-5H,1H3,(H,8,9,10);1-3,7H2,(H,4,5,6). The predicted molar refractivity (Wildman–Crippen MR) is 76.6 cm³/mol. The van der Waals surface area contributed by atoms with Crippen molar-refractivity contribution < 1.29 is 25.9 Å². The van der Waals surface area contributed by atoms with Gasteiger partial charge in [-0.15, -0.1) is 9.24 Å². The van der Waals surface area contributed by atoms with Crippen LogP contribution in [0.5, 0.6) is 0 Å². The van der Waals surface area contributed by atoms with E-state index in [2.05, 4.69) is 9.24 Å². The van der Waals surface area contributed by atoms with Crippen LogP contribution in [0.25, 0.3) is 0 Å². The van der Waals surface area contributed by atoms with E-state index in [0.29, 0.717) is 12.6 Å².